The molecule has 4 aliphatic rings. The third kappa shape index (κ3) is 4.09. The molecule has 4 fully saturated rings. The molecule has 2 bridgehead atoms. The van der Waals surface area contributed by atoms with Crippen LogP contribution >= 0.6 is 0 Å². The molecule has 0 aromatic carbocycles. The van der Waals surface area contributed by atoms with Crippen molar-refractivity contribution < 1.29 is 42.9 Å². The monoisotopic (exact) mass is 518 g/mol. The van der Waals surface area contributed by atoms with Gasteiger partial charge in [-0.1, -0.05) is 27.4 Å². The van der Waals surface area contributed by atoms with Crippen LogP contribution in [-0.4, -0.2) is 54.1 Å². The lowest BCUT2D eigenvalue weighted by molar-refractivity contribution is -0.260. The number of carbonyl (C=O) groups excluding carboxylic acids is 5. The summed E-state index contributed by atoms with van der Waals surface area (Å²) >= 11 is 0. The summed E-state index contributed by atoms with van der Waals surface area (Å²) in [5, 5.41) is 0. The summed E-state index contributed by atoms with van der Waals surface area (Å²) in [4.78, 5) is 63.1. The van der Waals surface area contributed by atoms with Gasteiger partial charge in [-0.3, -0.25) is 24.0 Å². The standard InChI is InChI=1S/C28H38O9/c1-13-18-9-20(34-14(2)29)24-27(8)22(36-16(4)31)10-21(35-15(3)30)26(6,7)23(27)19(33)12-28(24,11-18)25(13)37-17(5)32/h18,20-25H,1,9-12H2,2-8H3/t18-,20+,21+,22+,23-,24+,25-,27-,28+/m1/s1. The van der Waals surface area contributed by atoms with Crippen molar-refractivity contribution in [3.05, 3.63) is 12.2 Å². The Labute approximate surface area is 217 Å². The van der Waals surface area contributed by atoms with Crippen LogP contribution in [0, 0.1) is 34.0 Å². The van der Waals surface area contributed by atoms with E-state index in [9.17, 15) is 24.0 Å². The summed E-state index contributed by atoms with van der Waals surface area (Å²) in [6.07, 6.45) is -1.50. The van der Waals surface area contributed by atoms with E-state index >= 15 is 0 Å². The van der Waals surface area contributed by atoms with Gasteiger partial charge in [0.15, 0.2) is 0 Å². The van der Waals surface area contributed by atoms with Crippen LogP contribution in [0.3, 0.4) is 0 Å². The van der Waals surface area contributed by atoms with E-state index in [0.717, 1.165) is 5.57 Å². The van der Waals surface area contributed by atoms with Gasteiger partial charge in [0, 0.05) is 68.6 Å². The topological polar surface area (TPSA) is 122 Å². The molecule has 4 aliphatic carbocycles. The predicted molar refractivity (Wildman–Crippen MR) is 130 cm³/mol. The molecule has 9 nitrogen and oxygen atoms in total. The zero-order chi connectivity index (χ0) is 27.7. The molecule has 0 aliphatic heterocycles. The van der Waals surface area contributed by atoms with Crippen molar-refractivity contribution in [2.45, 2.75) is 98.6 Å². The maximum atomic E-state index is 14.3. The van der Waals surface area contributed by atoms with Gasteiger partial charge in [-0.05, 0) is 24.3 Å². The second-order valence-corrected chi connectivity index (χ2v) is 12.3. The van der Waals surface area contributed by atoms with Crippen LogP contribution in [0.2, 0.25) is 0 Å². The van der Waals surface area contributed by atoms with Gasteiger partial charge in [0.05, 0.1) is 0 Å². The number of ketones is 1. The van der Waals surface area contributed by atoms with Crippen LogP contribution in [0.15, 0.2) is 12.2 Å². The first-order valence-corrected chi connectivity index (χ1v) is 13.0. The molecule has 0 aromatic rings. The third-order valence-electron chi connectivity index (χ3n) is 9.55. The van der Waals surface area contributed by atoms with Crippen molar-refractivity contribution in [2.75, 3.05) is 0 Å². The van der Waals surface area contributed by atoms with E-state index in [1.165, 1.54) is 27.7 Å². The quantitative estimate of drug-likeness (QED) is 0.313. The fourth-order valence-corrected chi connectivity index (χ4v) is 8.84. The molecule has 0 unspecified atom stereocenters. The number of esters is 4. The fourth-order valence-electron chi connectivity index (χ4n) is 8.84. The maximum Gasteiger partial charge on any atom is 0.303 e. The highest BCUT2D eigenvalue weighted by Crippen LogP contribution is 2.72. The van der Waals surface area contributed by atoms with Crippen LogP contribution in [-0.2, 0) is 42.9 Å². The molecule has 1 spiro atoms. The molecule has 0 N–H and O–H groups in total. The number of fused-ring (bicyclic) bond motifs is 3. The van der Waals surface area contributed by atoms with Crippen molar-refractivity contribution in [3.8, 4) is 0 Å². The van der Waals surface area contributed by atoms with Gasteiger partial charge in [0.1, 0.15) is 30.2 Å². The number of rotatable bonds is 4. The lowest BCUT2D eigenvalue weighted by atomic mass is 9.38. The predicted octanol–water partition coefficient (Wildman–Crippen LogP) is 3.32. The van der Waals surface area contributed by atoms with E-state index in [4.69, 9.17) is 18.9 Å². The lowest BCUT2D eigenvalue weighted by Crippen LogP contribution is -2.72. The fraction of sp³-hybridized carbons (Fsp3) is 0.750. The summed E-state index contributed by atoms with van der Waals surface area (Å²) in [6.45, 7) is 15.3. The van der Waals surface area contributed by atoms with E-state index < -0.39 is 76.4 Å². The third-order valence-corrected chi connectivity index (χ3v) is 9.55. The van der Waals surface area contributed by atoms with Crippen LogP contribution in [0.25, 0.3) is 0 Å². The molecule has 0 radical (unpaired) electrons. The minimum absolute atomic E-state index is 0.0770. The van der Waals surface area contributed by atoms with Gasteiger partial charge < -0.3 is 18.9 Å². The lowest BCUT2D eigenvalue weighted by Gasteiger charge is -2.66. The van der Waals surface area contributed by atoms with E-state index in [-0.39, 0.29) is 24.5 Å². The Balaban J connectivity index is 1.95. The minimum Gasteiger partial charge on any atom is -0.462 e. The Kier molecular flexibility index (Phi) is 6.61. The summed E-state index contributed by atoms with van der Waals surface area (Å²) in [6, 6.07) is 0. The molecule has 9 atom stereocenters. The molecule has 0 amide bonds. The second kappa shape index (κ2) is 8.95. The first-order chi connectivity index (χ1) is 17.1. The first-order valence-electron chi connectivity index (χ1n) is 13.0. The molecular weight excluding hydrogens is 480 g/mol. The largest absolute Gasteiger partial charge is 0.462 e. The van der Waals surface area contributed by atoms with Gasteiger partial charge >= 0.3 is 23.9 Å². The second-order valence-electron chi connectivity index (χ2n) is 12.3. The van der Waals surface area contributed by atoms with Crippen molar-refractivity contribution in [1.82, 2.24) is 0 Å². The Bertz CT molecular complexity index is 1060. The molecule has 204 valence electrons. The summed E-state index contributed by atoms with van der Waals surface area (Å²) in [5.41, 5.74) is -1.95. The van der Waals surface area contributed by atoms with Gasteiger partial charge in [-0.15, -0.1) is 0 Å². The Morgan fingerprint density at radius 1 is 0.811 bits per heavy atom. The summed E-state index contributed by atoms with van der Waals surface area (Å²) < 4.78 is 23.4. The van der Waals surface area contributed by atoms with Crippen molar-refractivity contribution in [3.63, 3.8) is 0 Å². The van der Waals surface area contributed by atoms with E-state index in [1.807, 2.05) is 20.8 Å². The molecule has 0 saturated heterocycles. The normalized spacial score (nSPS) is 41.6. The van der Waals surface area contributed by atoms with Crippen LogP contribution < -0.4 is 0 Å². The average Bonchev–Trinajstić information content (AvgIpc) is 2.90. The highest BCUT2D eigenvalue weighted by molar-refractivity contribution is 5.86. The molecule has 9 heteroatoms. The van der Waals surface area contributed by atoms with Crippen molar-refractivity contribution in [1.29, 1.82) is 0 Å². The zero-order valence-electron chi connectivity index (χ0n) is 22.8. The SMILES string of the molecule is C=C1[C@@H]2C[C@H](OC(C)=O)[C@@H]3[C@@](CC(=O)[C@@H]4C(C)(C)[C@@H](OC(C)=O)C[C@H](OC(C)=O)[C@]43C)(C2)[C@@H]1OC(C)=O. The van der Waals surface area contributed by atoms with Crippen LogP contribution in [0.5, 0.6) is 0 Å². The zero-order valence-corrected chi connectivity index (χ0v) is 22.8. The molecular formula is C28H38O9. The van der Waals surface area contributed by atoms with Gasteiger partial charge in [-0.2, -0.15) is 0 Å². The number of hydrogen-bond acceptors (Lipinski definition) is 9. The van der Waals surface area contributed by atoms with Crippen LogP contribution in [0.4, 0.5) is 0 Å². The molecule has 0 heterocycles. The molecule has 4 rings (SSSR count). The first kappa shape index (κ1) is 27.3. The minimum atomic E-state index is -1.00. The Hall–Kier alpha value is -2.71. The van der Waals surface area contributed by atoms with Crippen molar-refractivity contribution in [2.24, 2.45) is 34.0 Å². The highest BCUT2D eigenvalue weighted by atomic mass is 16.6. The Morgan fingerprint density at radius 3 is 1.89 bits per heavy atom. The number of hydrogen-bond donors (Lipinski definition) is 0. The van der Waals surface area contributed by atoms with Gasteiger partial charge in [0.2, 0.25) is 0 Å². The average molecular weight is 519 g/mol. The molecule has 0 aromatic heterocycles. The summed E-state index contributed by atoms with van der Waals surface area (Å²) in [5.74, 6) is -3.27. The highest BCUT2D eigenvalue weighted by Gasteiger charge is 2.76. The number of Topliss-reactive ketones (excluding diaryl/α,β-unsaturated/α-hetero) is 1. The van der Waals surface area contributed by atoms with Gasteiger partial charge in [-0.25, -0.2) is 0 Å². The number of carbonyl (C=O) groups is 5. The smallest absolute Gasteiger partial charge is 0.303 e. The Morgan fingerprint density at radius 2 is 1.35 bits per heavy atom. The number of ether oxygens (including phenoxy) is 4. The van der Waals surface area contributed by atoms with E-state index in [2.05, 4.69) is 6.58 Å². The van der Waals surface area contributed by atoms with Crippen molar-refractivity contribution >= 4 is 29.7 Å². The van der Waals surface area contributed by atoms with E-state index in [1.54, 1.807) is 0 Å². The van der Waals surface area contributed by atoms with E-state index in [0.29, 0.717) is 12.8 Å². The maximum absolute atomic E-state index is 14.3. The van der Waals surface area contributed by atoms with Gasteiger partial charge in [0.25, 0.3) is 0 Å². The summed E-state index contributed by atoms with van der Waals surface area (Å²) in [7, 11) is 0. The van der Waals surface area contributed by atoms with Crippen LogP contribution in [0.1, 0.15) is 74.1 Å². The molecule has 37 heavy (non-hydrogen) atoms. The molecule has 4 saturated carbocycles.